The molecule has 232 valence electrons. The van der Waals surface area contributed by atoms with E-state index in [0.717, 1.165) is 12.1 Å². The highest BCUT2D eigenvalue weighted by Gasteiger charge is 2.37. The fourth-order valence-corrected chi connectivity index (χ4v) is 6.10. The zero-order valence-electron chi connectivity index (χ0n) is 24.1. The molecule has 8 nitrogen and oxygen atoms in total. The molecule has 0 aliphatic heterocycles. The minimum Gasteiger partial charge on any atom is -0.497 e. The summed E-state index contributed by atoms with van der Waals surface area (Å²) in [5.41, 5.74) is -1.10. The Morgan fingerprint density at radius 3 is 2.26 bits per heavy atom. The van der Waals surface area contributed by atoms with Crippen molar-refractivity contribution in [3.63, 3.8) is 0 Å². The first kappa shape index (κ1) is 33.7. The van der Waals surface area contributed by atoms with Crippen LogP contribution >= 0.6 is 11.6 Å². The third kappa shape index (κ3) is 8.41. The van der Waals surface area contributed by atoms with E-state index in [0.29, 0.717) is 21.7 Å². The first-order valence-corrected chi connectivity index (χ1v) is 15.2. The van der Waals surface area contributed by atoms with Crippen LogP contribution in [-0.4, -0.2) is 50.9 Å². The van der Waals surface area contributed by atoms with Gasteiger partial charge in [-0.25, -0.2) is 8.42 Å². The number of hydrogen-bond donors (Lipinski definition) is 1. The van der Waals surface area contributed by atoms with E-state index < -0.39 is 51.9 Å². The van der Waals surface area contributed by atoms with Gasteiger partial charge in [-0.2, -0.15) is 13.2 Å². The molecule has 13 heteroatoms. The Hall–Kier alpha value is -3.77. The maximum atomic E-state index is 14.1. The number of carbonyl (C=O) groups is 2. The van der Waals surface area contributed by atoms with Gasteiger partial charge in [0.1, 0.15) is 18.3 Å². The van der Waals surface area contributed by atoms with Crippen LogP contribution in [0.3, 0.4) is 0 Å². The molecule has 43 heavy (non-hydrogen) atoms. The molecule has 3 aromatic rings. The Balaban J connectivity index is 2.16. The van der Waals surface area contributed by atoms with E-state index in [2.05, 4.69) is 5.32 Å². The molecule has 0 aliphatic carbocycles. The van der Waals surface area contributed by atoms with Gasteiger partial charge in [-0.3, -0.25) is 13.9 Å². The van der Waals surface area contributed by atoms with Gasteiger partial charge >= 0.3 is 6.18 Å². The molecule has 0 aliphatic rings. The van der Waals surface area contributed by atoms with E-state index in [4.69, 9.17) is 16.3 Å². The summed E-state index contributed by atoms with van der Waals surface area (Å²) in [6, 6.07) is 14.7. The second-order valence-corrected chi connectivity index (χ2v) is 12.2. The van der Waals surface area contributed by atoms with Crippen LogP contribution in [0.4, 0.5) is 18.9 Å². The summed E-state index contributed by atoms with van der Waals surface area (Å²) in [5, 5.41) is 2.46. The van der Waals surface area contributed by atoms with Crippen molar-refractivity contribution in [3.05, 3.63) is 88.9 Å². The van der Waals surface area contributed by atoms with Crippen LogP contribution in [0.2, 0.25) is 5.02 Å². The van der Waals surface area contributed by atoms with E-state index in [-0.39, 0.29) is 28.9 Å². The number of sulfonamides is 1. The molecule has 2 amide bonds. The number of anilines is 1. The van der Waals surface area contributed by atoms with Crippen molar-refractivity contribution in [2.75, 3.05) is 18.0 Å². The highest BCUT2D eigenvalue weighted by atomic mass is 35.5. The summed E-state index contributed by atoms with van der Waals surface area (Å²) in [4.78, 5) is 28.3. The molecule has 0 bridgehead atoms. The van der Waals surface area contributed by atoms with Crippen LogP contribution in [0.5, 0.6) is 5.75 Å². The summed E-state index contributed by atoms with van der Waals surface area (Å²) < 4.78 is 74.6. The Morgan fingerprint density at radius 2 is 1.67 bits per heavy atom. The molecule has 1 atom stereocenters. The summed E-state index contributed by atoms with van der Waals surface area (Å²) >= 11 is 6.28. The largest absolute Gasteiger partial charge is 0.497 e. The van der Waals surface area contributed by atoms with Crippen LogP contribution in [0.15, 0.2) is 77.7 Å². The van der Waals surface area contributed by atoms with Crippen LogP contribution in [0.25, 0.3) is 0 Å². The average molecular weight is 640 g/mol. The molecule has 0 radical (unpaired) electrons. The number of halogens is 4. The second kappa shape index (κ2) is 14.1. The zero-order chi connectivity index (χ0) is 31.9. The molecule has 0 saturated heterocycles. The van der Waals surface area contributed by atoms with Gasteiger partial charge in [0.05, 0.1) is 28.3 Å². The number of hydrogen-bond acceptors (Lipinski definition) is 5. The first-order valence-electron chi connectivity index (χ1n) is 13.4. The summed E-state index contributed by atoms with van der Waals surface area (Å²) in [6.07, 6.45) is -4.64. The van der Waals surface area contributed by atoms with Crippen molar-refractivity contribution >= 4 is 39.1 Å². The number of nitrogens with one attached hydrogen (secondary N) is 1. The third-order valence-electron chi connectivity index (χ3n) is 6.46. The molecular weight excluding hydrogens is 607 g/mol. The lowest BCUT2D eigenvalue weighted by Crippen LogP contribution is -2.53. The smallest absolute Gasteiger partial charge is 0.416 e. The van der Waals surface area contributed by atoms with Gasteiger partial charge in [-0.15, -0.1) is 0 Å². The Morgan fingerprint density at radius 1 is 1.00 bits per heavy atom. The first-order chi connectivity index (χ1) is 20.2. The Kier molecular flexibility index (Phi) is 11.1. The molecule has 3 rings (SSSR count). The van der Waals surface area contributed by atoms with Crippen molar-refractivity contribution in [3.8, 4) is 5.75 Å². The van der Waals surface area contributed by atoms with E-state index in [1.54, 1.807) is 51.1 Å². The normalized spacial score (nSPS) is 12.5. The fourth-order valence-electron chi connectivity index (χ4n) is 4.38. The number of ether oxygens (including phenoxy) is 1. The lowest BCUT2D eigenvalue weighted by molar-refractivity contribution is -0.140. The summed E-state index contributed by atoms with van der Waals surface area (Å²) in [5.74, 6) is -0.807. The van der Waals surface area contributed by atoms with Gasteiger partial charge in [0.15, 0.2) is 0 Å². The molecule has 1 N–H and O–H groups in total. The highest BCUT2D eigenvalue weighted by molar-refractivity contribution is 7.92. The van der Waals surface area contributed by atoms with Gasteiger partial charge in [-0.05, 0) is 68.3 Å². The summed E-state index contributed by atoms with van der Waals surface area (Å²) in [7, 11) is -3.14. The van der Waals surface area contributed by atoms with Gasteiger partial charge in [0.25, 0.3) is 10.0 Å². The van der Waals surface area contributed by atoms with Crippen LogP contribution in [0.1, 0.15) is 38.3 Å². The maximum Gasteiger partial charge on any atom is 0.416 e. The molecule has 0 fully saturated rings. The maximum absolute atomic E-state index is 14.1. The van der Waals surface area contributed by atoms with Crippen molar-refractivity contribution in [1.82, 2.24) is 10.2 Å². The Labute approximate surface area is 254 Å². The second-order valence-electron chi connectivity index (χ2n) is 9.95. The number of carbonyl (C=O) groups excluding carboxylic acids is 2. The summed E-state index contributed by atoms with van der Waals surface area (Å²) in [6.45, 7) is 4.15. The molecule has 0 heterocycles. The zero-order valence-corrected chi connectivity index (χ0v) is 25.6. The van der Waals surface area contributed by atoms with Gasteiger partial charge in [-0.1, -0.05) is 48.9 Å². The SMILES string of the molecule is CCC(C(=O)NC(C)C)N(Cc1cccc(OC)c1)C(=O)CN(c1cc(C(F)(F)F)ccc1Cl)S(=O)(=O)c1ccccc1. The van der Waals surface area contributed by atoms with Crippen LogP contribution in [0, 0.1) is 0 Å². The average Bonchev–Trinajstić information content (AvgIpc) is 2.95. The van der Waals surface area contributed by atoms with Crippen molar-refractivity contribution < 1.29 is 35.9 Å². The molecule has 0 saturated carbocycles. The standard InChI is InChI=1S/C30H33ClF3N3O5S/c1-5-26(29(39)35-20(2)3)36(18-21-10-9-11-23(16-21)42-4)28(38)19-37(43(40,41)24-12-7-6-8-13-24)27-17-22(30(32,33)34)14-15-25(27)31/h6-17,20,26H,5,18-19H2,1-4H3,(H,35,39). The quantitative estimate of drug-likeness (QED) is 0.267. The van der Waals surface area contributed by atoms with Gasteiger partial charge < -0.3 is 15.0 Å². The van der Waals surface area contributed by atoms with E-state index in [1.807, 2.05) is 0 Å². The molecule has 1 unspecified atom stereocenters. The molecule has 0 spiro atoms. The van der Waals surface area contributed by atoms with Crippen molar-refractivity contribution in [2.45, 2.75) is 56.9 Å². The predicted octanol–water partition coefficient (Wildman–Crippen LogP) is 5.89. The minimum atomic E-state index is -4.81. The number of benzene rings is 3. The lowest BCUT2D eigenvalue weighted by atomic mass is 10.1. The van der Waals surface area contributed by atoms with Gasteiger partial charge in [0, 0.05) is 12.6 Å². The van der Waals surface area contributed by atoms with E-state index in [9.17, 15) is 31.2 Å². The molecule has 0 aromatic heterocycles. The molecular formula is C30H33ClF3N3O5S. The lowest BCUT2D eigenvalue weighted by Gasteiger charge is -2.34. The number of alkyl halides is 3. The van der Waals surface area contributed by atoms with Gasteiger partial charge in [0.2, 0.25) is 11.8 Å². The number of methoxy groups -OCH3 is 1. The van der Waals surface area contributed by atoms with Crippen LogP contribution < -0.4 is 14.4 Å². The van der Waals surface area contributed by atoms with E-state index >= 15 is 0 Å². The van der Waals surface area contributed by atoms with Crippen LogP contribution in [-0.2, 0) is 32.3 Å². The number of rotatable bonds is 12. The minimum absolute atomic E-state index is 0.115. The predicted molar refractivity (Wildman–Crippen MR) is 158 cm³/mol. The topological polar surface area (TPSA) is 96.0 Å². The van der Waals surface area contributed by atoms with Crippen molar-refractivity contribution in [2.24, 2.45) is 0 Å². The highest BCUT2D eigenvalue weighted by Crippen LogP contribution is 2.37. The Bertz CT molecular complexity index is 1540. The number of amides is 2. The molecule has 3 aromatic carbocycles. The number of nitrogens with zero attached hydrogens (tertiary/aromatic N) is 2. The monoisotopic (exact) mass is 639 g/mol. The fraction of sp³-hybridized carbons (Fsp3) is 0.333. The van der Waals surface area contributed by atoms with Crippen molar-refractivity contribution in [1.29, 1.82) is 0 Å². The third-order valence-corrected chi connectivity index (χ3v) is 8.55. The van der Waals surface area contributed by atoms with E-state index in [1.165, 1.54) is 36.3 Å².